The Labute approximate surface area is 88.5 Å². The largest absolute Gasteiger partial charge is 0.465 e. The maximum atomic E-state index is 11.3. The number of benzene rings is 2. The third-order valence-electron chi connectivity index (χ3n) is 2.52. The molecule has 0 fully saturated rings. The zero-order valence-corrected chi connectivity index (χ0v) is 8.78. The Bertz CT molecular complexity index is 515. The van der Waals surface area contributed by atoms with Crippen LogP contribution in [0.1, 0.15) is 15.9 Å². The van der Waals surface area contributed by atoms with E-state index in [1.165, 1.54) is 18.1 Å². The number of hydrogen-bond acceptors (Lipinski definition) is 2. The van der Waals surface area contributed by atoms with Crippen LogP contribution in [-0.2, 0) is 4.74 Å². The van der Waals surface area contributed by atoms with Crippen LogP contribution >= 0.6 is 0 Å². The van der Waals surface area contributed by atoms with Gasteiger partial charge < -0.3 is 4.74 Å². The van der Waals surface area contributed by atoms with Gasteiger partial charge in [-0.25, -0.2) is 4.79 Å². The van der Waals surface area contributed by atoms with E-state index in [9.17, 15) is 4.79 Å². The van der Waals surface area contributed by atoms with Gasteiger partial charge in [0.15, 0.2) is 0 Å². The van der Waals surface area contributed by atoms with Gasteiger partial charge in [0.25, 0.3) is 0 Å². The highest BCUT2D eigenvalue weighted by molar-refractivity contribution is 5.96. The Hall–Kier alpha value is -1.83. The Morgan fingerprint density at radius 3 is 2.73 bits per heavy atom. The summed E-state index contributed by atoms with van der Waals surface area (Å²) in [5.74, 6) is -0.293. The Morgan fingerprint density at radius 1 is 1.20 bits per heavy atom. The van der Waals surface area contributed by atoms with Crippen molar-refractivity contribution in [2.75, 3.05) is 7.11 Å². The molecule has 0 amide bonds. The summed E-state index contributed by atoms with van der Waals surface area (Å²) in [6.45, 7) is 2.06. The number of carbonyl (C=O) groups excluding carboxylic acids is 1. The molecule has 0 saturated carbocycles. The summed E-state index contributed by atoms with van der Waals surface area (Å²) in [6, 6.07) is 11.6. The number of esters is 1. The molecule has 76 valence electrons. The lowest BCUT2D eigenvalue weighted by atomic mass is 10.0. The van der Waals surface area contributed by atoms with Gasteiger partial charge in [-0.15, -0.1) is 0 Å². The summed E-state index contributed by atoms with van der Waals surface area (Å²) >= 11 is 0. The molecule has 0 atom stereocenters. The molecule has 0 aromatic heterocycles. The zero-order chi connectivity index (χ0) is 10.8. The van der Waals surface area contributed by atoms with E-state index in [0.29, 0.717) is 5.56 Å². The van der Waals surface area contributed by atoms with Gasteiger partial charge in [0.2, 0.25) is 0 Å². The van der Waals surface area contributed by atoms with Crippen LogP contribution in [0.15, 0.2) is 36.4 Å². The van der Waals surface area contributed by atoms with Crippen molar-refractivity contribution < 1.29 is 9.53 Å². The Balaban J connectivity index is 2.62. The minimum absolute atomic E-state index is 0.293. The Morgan fingerprint density at radius 2 is 2.00 bits per heavy atom. The number of rotatable bonds is 1. The van der Waals surface area contributed by atoms with E-state index in [-0.39, 0.29) is 5.97 Å². The molecule has 0 radical (unpaired) electrons. The van der Waals surface area contributed by atoms with E-state index in [2.05, 4.69) is 17.7 Å². The van der Waals surface area contributed by atoms with Crippen LogP contribution in [0.5, 0.6) is 0 Å². The molecule has 0 N–H and O–H groups in total. The first kappa shape index (κ1) is 9.71. The minimum atomic E-state index is -0.293. The number of carbonyl (C=O) groups is 1. The van der Waals surface area contributed by atoms with Gasteiger partial charge in [0.05, 0.1) is 12.7 Å². The minimum Gasteiger partial charge on any atom is -0.465 e. The second kappa shape index (κ2) is 3.73. The highest BCUT2D eigenvalue weighted by atomic mass is 16.5. The molecule has 2 nitrogen and oxygen atoms in total. The molecule has 2 rings (SSSR count). The number of ether oxygens (including phenoxy) is 1. The summed E-state index contributed by atoms with van der Waals surface area (Å²) in [4.78, 5) is 11.3. The van der Waals surface area contributed by atoms with Crippen LogP contribution in [0.2, 0.25) is 0 Å². The highest BCUT2D eigenvalue weighted by Gasteiger charge is 2.05. The lowest BCUT2D eigenvalue weighted by Crippen LogP contribution is -2.00. The van der Waals surface area contributed by atoms with E-state index >= 15 is 0 Å². The topological polar surface area (TPSA) is 26.3 Å². The van der Waals surface area contributed by atoms with Gasteiger partial charge in [0.1, 0.15) is 0 Å². The molecule has 2 aromatic carbocycles. The molecule has 0 saturated heterocycles. The molecule has 2 heteroatoms. The van der Waals surface area contributed by atoms with E-state index < -0.39 is 0 Å². The lowest BCUT2D eigenvalue weighted by molar-refractivity contribution is 0.0601. The van der Waals surface area contributed by atoms with Crippen LogP contribution in [0.4, 0.5) is 0 Å². The van der Waals surface area contributed by atoms with Crippen LogP contribution in [-0.4, -0.2) is 13.1 Å². The van der Waals surface area contributed by atoms with Crippen LogP contribution < -0.4 is 0 Å². The van der Waals surface area contributed by atoms with Gasteiger partial charge in [-0.05, 0) is 35.4 Å². The van der Waals surface area contributed by atoms with Crippen molar-refractivity contribution in [3.05, 3.63) is 47.5 Å². The van der Waals surface area contributed by atoms with Crippen LogP contribution in [0.3, 0.4) is 0 Å². The lowest BCUT2D eigenvalue weighted by Gasteiger charge is -2.04. The standard InChI is InChI=1S/C13H12O2/c1-9-4-3-5-10-8-11(13(14)15-2)6-7-12(9)10/h3-8H,1-2H3. The summed E-state index contributed by atoms with van der Waals surface area (Å²) < 4.78 is 4.68. The number of fused-ring (bicyclic) bond motifs is 1. The van der Waals surface area contributed by atoms with Gasteiger partial charge in [-0.1, -0.05) is 24.3 Å². The molecular weight excluding hydrogens is 188 g/mol. The van der Waals surface area contributed by atoms with Crippen molar-refractivity contribution in [2.45, 2.75) is 6.92 Å². The van der Waals surface area contributed by atoms with Crippen molar-refractivity contribution in [2.24, 2.45) is 0 Å². The van der Waals surface area contributed by atoms with E-state index in [4.69, 9.17) is 0 Å². The smallest absolute Gasteiger partial charge is 0.337 e. The molecule has 0 aliphatic rings. The van der Waals surface area contributed by atoms with Crippen molar-refractivity contribution in [1.29, 1.82) is 0 Å². The maximum absolute atomic E-state index is 11.3. The third-order valence-corrected chi connectivity index (χ3v) is 2.52. The normalized spacial score (nSPS) is 10.3. The molecule has 0 aliphatic carbocycles. The predicted octanol–water partition coefficient (Wildman–Crippen LogP) is 2.93. The van der Waals surface area contributed by atoms with E-state index in [0.717, 1.165) is 5.39 Å². The molecule has 0 spiro atoms. The summed E-state index contributed by atoms with van der Waals surface area (Å²) in [6.07, 6.45) is 0. The maximum Gasteiger partial charge on any atom is 0.337 e. The van der Waals surface area contributed by atoms with Crippen LogP contribution in [0.25, 0.3) is 10.8 Å². The average Bonchev–Trinajstić information content (AvgIpc) is 2.28. The molecule has 0 unspecified atom stereocenters. The number of hydrogen-bond donors (Lipinski definition) is 0. The van der Waals surface area contributed by atoms with Gasteiger partial charge >= 0.3 is 5.97 Å². The van der Waals surface area contributed by atoms with Crippen molar-refractivity contribution >= 4 is 16.7 Å². The Kier molecular flexibility index (Phi) is 2.42. The van der Waals surface area contributed by atoms with Crippen molar-refractivity contribution in [1.82, 2.24) is 0 Å². The first-order chi connectivity index (χ1) is 7.22. The molecule has 15 heavy (non-hydrogen) atoms. The molecule has 0 bridgehead atoms. The highest BCUT2D eigenvalue weighted by Crippen LogP contribution is 2.19. The van der Waals surface area contributed by atoms with Crippen molar-refractivity contribution in [3.63, 3.8) is 0 Å². The average molecular weight is 200 g/mol. The monoisotopic (exact) mass is 200 g/mol. The fourth-order valence-corrected chi connectivity index (χ4v) is 1.69. The van der Waals surface area contributed by atoms with E-state index in [1.54, 1.807) is 6.07 Å². The van der Waals surface area contributed by atoms with Crippen molar-refractivity contribution in [3.8, 4) is 0 Å². The van der Waals surface area contributed by atoms with Gasteiger partial charge in [0, 0.05) is 0 Å². The number of methoxy groups -OCH3 is 1. The molecule has 0 aliphatic heterocycles. The summed E-state index contributed by atoms with van der Waals surface area (Å²) in [7, 11) is 1.39. The zero-order valence-electron chi connectivity index (χ0n) is 8.78. The third kappa shape index (κ3) is 1.71. The second-order valence-corrected chi connectivity index (χ2v) is 3.50. The predicted molar refractivity (Wildman–Crippen MR) is 60.0 cm³/mol. The van der Waals surface area contributed by atoms with Crippen LogP contribution in [0, 0.1) is 6.92 Å². The first-order valence-corrected chi connectivity index (χ1v) is 4.80. The van der Waals surface area contributed by atoms with Gasteiger partial charge in [-0.2, -0.15) is 0 Å². The fraction of sp³-hybridized carbons (Fsp3) is 0.154. The first-order valence-electron chi connectivity index (χ1n) is 4.80. The SMILES string of the molecule is COC(=O)c1ccc2c(C)cccc2c1. The van der Waals surface area contributed by atoms with E-state index in [1.807, 2.05) is 24.3 Å². The van der Waals surface area contributed by atoms with Gasteiger partial charge in [-0.3, -0.25) is 0 Å². The molecule has 2 aromatic rings. The molecule has 0 heterocycles. The summed E-state index contributed by atoms with van der Waals surface area (Å²) in [5, 5.41) is 2.24. The second-order valence-electron chi connectivity index (χ2n) is 3.50. The quantitative estimate of drug-likeness (QED) is 0.661. The fourth-order valence-electron chi connectivity index (χ4n) is 1.69. The molecular formula is C13H12O2. The number of aryl methyl sites for hydroxylation is 1. The summed E-state index contributed by atoms with van der Waals surface area (Å²) in [5.41, 5.74) is 1.81.